The quantitative estimate of drug-likeness (QED) is 0.506. The first-order chi connectivity index (χ1) is 8.58. The molecule has 0 radical (unpaired) electrons. The average molecular weight is 433 g/mol. The van der Waals surface area contributed by atoms with E-state index in [-0.39, 0.29) is 0 Å². The van der Waals surface area contributed by atoms with Crippen molar-refractivity contribution in [3.63, 3.8) is 0 Å². The van der Waals surface area contributed by atoms with E-state index in [9.17, 15) is 0 Å². The summed E-state index contributed by atoms with van der Waals surface area (Å²) < 4.78 is 2.22. The molecule has 0 fully saturated rings. The number of aryl methyl sites for hydroxylation is 1. The van der Waals surface area contributed by atoms with Gasteiger partial charge in [0.15, 0.2) is 0 Å². The summed E-state index contributed by atoms with van der Waals surface area (Å²) in [6.07, 6.45) is 0.993. The van der Waals surface area contributed by atoms with Gasteiger partial charge < -0.3 is 0 Å². The molecular formula is C15H13Br3. The molecule has 2 rings (SSSR count). The minimum Gasteiger partial charge on any atom is -0.0835 e. The molecule has 0 aliphatic heterocycles. The maximum absolute atomic E-state index is 3.79. The summed E-state index contributed by atoms with van der Waals surface area (Å²) in [4.78, 5) is 0.320. The molecule has 1 atom stereocenters. The highest BCUT2D eigenvalue weighted by Crippen LogP contribution is 2.34. The lowest BCUT2D eigenvalue weighted by Gasteiger charge is -2.14. The van der Waals surface area contributed by atoms with Crippen molar-refractivity contribution in [2.24, 2.45) is 0 Å². The molecule has 2 aromatic carbocycles. The topological polar surface area (TPSA) is 0 Å². The van der Waals surface area contributed by atoms with Crippen molar-refractivity contribution in [2.75, 3.05) is 0 Å². The molecule has 0 N–H and O–H groups in total. The van der Waals surface area contributed by atoms with Crippen LogP contribution in [0.15, 0.2) is 51.4 Å². The van der Waals surface area contributed by atoms with E-state index in [1.165, 1.54) is 16.7 Å². The lowest BCUT2D eigenvalue weighted by molar-refractivity contribution is 0.933. The molecular weight excluding hydrogens is 420 g/mol. The fraction of sp³-hybridized carbons (Fsp3) is 0.200. The predicted octanol–water partition coefficient (Wildman–Crippen LogP) is 6.20. The summed E-state index contributed by atoms with van der Waals surface area (Å²) in [5.41, 5.74) is 4.01. The van der Waals surface area contributed by atoms with Crippen molar-refractivity contribution in [2.45, 2.75) is 18.2 Å². The monoisotopic (exact) mass is 430 g/mol. The zero-order chi connectivity index (χ0) is 13.1. The lowest BCUT2D eigenvalue weighted by atomic mass is 10.0. The van der Waals surface area contributed by atoms with E-state index in [4.69, 9.17) is 0 Å². The zero-order valence-corrected chi connectivity index (χ0v) is 14.7. The van der Waals surface area contributed by atoms with Gasteiger partial charge in [0.1, 0.15) is 0 Å². The van der Waals surface area contributed by atoms with Gasteiger partial charge in [-0.25, -0.2) is 0 Å². The summed E-state index contributed by atoms with van der Waals surface area (Å²) in [7, 11) is 0. The van der Waals surface area contributed by atoms with Crippen LogP contribution in [0.5, 0.6) is 0 Å². The fourth-order valence-corrected chi connectivity index (χ4v) is 4.28. The van der Waals surface area contributed by atoms with Crippen LogP contribution in [0.25, 0.3) is 0 Å². The van der Waals surface area contributed by atoms with Gasteiger partial charge in [-0.15, -0.1) is 0 Å². The normalized spacial score (nSPS) is 12.4. The second kappa shape index (κ2) is 6.36. The highest BCUT2D eigenvalue weighted by molar-refractivity contribution is 9.11. The average Bonchev–Trinajstić information content (AvgIpc) is 2.32. The second-order valence-corrected chi connectivity index (χ2v) is 7.14. The highest BCUT2D eigenvalue weighted by Gasteiger charge is 2.13. The van der Waals surface area contributed by atoms with E-state index in [0.29, 0.717) is 4.83 Å². The van der Waals surface area contributed by atoms with E-state index in [0.717, 1.165) is 15.4 Å². The van der Waals surface area contributed by atoms with Crippen LogP contribution in [0.3, 0.4) is 0 Å². The van der Waals surface area contributed by atoms with Crippen molar-refractivity contribution >= 4 is 47.8 Å². The Morgan fingerprint density at radius 1 is 1.06 bits per heavy atom. The Hall–Kier alpha value is -0.120. The smallest absolute Gasteiger partial charge is 0.0446 e. The van der Waals surface area contributed by atoms with Crippen molar-refractivity contribution in [1.29, 1.82) is 0 Å². The number of alkyl halides is 1. The molecule has 0 saturated carbocycles. The van der Waals surface area contributed by atoms with Gasteiger partial charge in [0, 0.05) is 13.8 Å². The number of halogens is 3. The lowest BCUT2D eigenvalue weighted by Crippen LogP contribution is -1.98. The molecule has 1 unspecified atom stereocenters. The van der Waals surface area contributed by atoms with Gasteiger partial charge in [-0.05, 0) is 42.2 Å². The second-order valence-electron chi connectivity index (χ2n) is 4.26. The van der Waals surface area contributed by atoms with E-state index < -0.39 is 0 Å². The van der Waals surface area contributed by atoms with Crippen LogP contribution in [0, 0.1) is 6.92 Å². The molecule has 0 nitrogen and oxygen atoms in total. The van der Waals surface area contributed by atoms with Crippen LogP contribution in [0.1, 0.15) is 21.5 Å². The third kappa shape index (κ3) is 3.46. The Morgan fingerprint density at radius 2 is 1.78 bits per heavy atom. The Kier molecular flexibility index (Phi) is 5.05. The summed E-state index contributed by atoms with van der Waals surface area (Å²) in [5, 5.41) is 0. The van der Waals surface area contributed by atoms with E-state index in [1.807, 2.05) is 0 Å². The van der Waals surface area contributed by atoms with Crippen LogP contribution in [0.4, 0.5) is 0 Å². The molecule has 0 aliphatic carbocycles. The predicted molar refractivity (Wildman–Crippen MR) is 88.4 cm³/mol. The van der Waals surface area contributed by atoms with Crippen LogP contribution in [-0.4, -0.2) is 0 Å². The largest absolute Gasteiger partial charge is 0.0835 e. The molecule has 3 heteroatoms. The molecule has 0 bridgehead atoms. The number of rotatable bonds is 3. The van der Waals surface area contributed by atoms with Crippen LogP contribution in [-0.2, 0) is 6.42 Å². The van der Waals surface area contributed by atoms with Crippen molar-refractivity contribution in [1.82, 2.24) is 0 Å². The minimum atomic E-state index is 0.320. The summed E-state index contributed by atoms with van der Waals surface area (Å²) >= 11 is 10.9. The Labute approximate surface area is 133 Å². The van der Waals surface area contributed by atoms with E-state index in [1.54, 1.807) is 0 Å². The van der Waals surface area contributed by atoms with Crippen molar-refractivity contribution < 1.29 is 0 Å². The first kappa shape index (κ1) is 14.3. The van der Waals surface area contributed by atoms with Gasteiger partial charge in [-0.1, -0.05) is 78.1 Å². The Bertz CT molecular complexity index is 549. The third-order valence-corrected chi connectivity index (χ3v) is 4.96. The highest BCUT2D eigenvalue weighted by atomic mass is 79.9. The summed E-state index contributed by atoms with van der Waals surface area (Å²) in [5.74, 6) is 0. The fourth-order valence-electron chi connectivity index (χ4n) is 1.90. The third-order valence-electron chi connectivity index (χ3n) is 2.96. The maximum Gasteiger partial charge on any atom is 0.0446 e. The molecule has 0 aromatic heterocycles. The van der Waals surface area contributed by atoms with Crippen LogP contribution in [0.2, 0.25) is 0 Å². The van der Waals surface area contributed by atoms with Crippen LogP contribution < -0.4 is 0 Å². The maximum atomic E-state index is 3.79. The molecule has 0 amide bonds. The van der Waals surface area contributed by atoms with E-state index >= 15 is 0 Å². The zero-order valence-electron chi connectivity index (χ0n) is 9.96. The SMILES string of the molecule is Cc1ccccc1CC(Br)c1ccc(Br)cc1Br. The molecule has 18 heavy (non-hydrogen) atoms. The van der Waals surface area contributed by atoms with Gasteiger partial charge >= 0.3 is 0 Å². The Morgan fingerprint density at radius 3 is 2.44 bits per heavy atom. The molecule has 0 spiro atoms. The summed E-state index contributed by atoms with van der Waals surface area (Å²) in [6.45, 7) is 2.16. The van der Waals surface area contributed by atoms with Gasteiger partial charge in [0.25, 0.3) is 0 Å². The van der Waals surface area contributed by atoms with Gasteiger partial charge in [-0.3, -0.25) is 0 Å². The van der Waals surface area contributed by atoms with Gasteiger partial charge in [-0.2, -0.15) is 0 Å². The first-order valence-electron chi connectivity index (χ1n) is 5.71. The van der Waals surface area contributed by atoms with Crippen LogP contribution >= 0.6 is 47.8 Å². The minimum absolute atomic E-state index is 0.320. The number of benzene rings is 2. The molecule has 0 aliphatic rings. The molecule has 2 aromatic rings. The molecule has 0 saturated heterocycles. The van der Waals surface area contributed by atoms with Gasteiger partial charge in [0.05, 0.1) is 0 Å². The van der Waals surface area contributed by atoms with Crippen molar-refractivity contribution in [3.8, 4) is 0 Å². The number of hydrogen-bond donors (Lipinski definition) is 0. The van der Waals surface area contributed by atoms with Crippen molar-refractivity contribution in [3.05, 3.63) is 68.1 Å². The number of hydrogen-bond acceptors (Lipinski definition) is 0. The standard InChI is InChI=1S/C15H13Br3/c1-10-4-2-3-5-11(10)8-14(17)13-7-6-12(16)9-15(13)18/h2-7,9,14H,8H2,1H3. The molecule has 94 valence electrons. The van der Waals surface area contributed by atoms with Gasteiger partial charge in [0.2, 0.25) is 0 Å². The summed E-state index contributed by atoms with van der Waals surface area (Å²) in [6, 6.07) is 14.8. The Balaban J connectivity index is 2.22. The van der Waals surface area contributed by atoms with E-state index in [2.05, 4.69) is 97.2 Å². The molecule has 0 heterocycles. The first-order valence-corrected chi connectivity index (χ1v) is 8.21.